The highest BCUT2D eigenvalue weighted by Gasteiger charge is 2.29. The molecule has 0 aromatic heterocycles. The Labute approximate surface area is 78.1 Å². The molecule has 0 unspecified atom stereocenters. The van der Waals surface area contributed by atoms with Crippen LogP contribution in [0.1, 0.15) is 26.2 Å². The van der Waals surface area contributed by atoms with Gasteiger partial charge in [0.05, 0.1) is 0 Å². The lowest BCUT2D eigenvalue weighted by atomic mass is 10.0. The molecule has 1 heterocycles. The minimum atomic E-state index is -0.485. The Morgan fingerprint density at radius 2 is 2.31 bits per heavy atom. The van der Waals surface area contributed by atoms with E-state index in [9.17, 15) is 9.59 Å². The second-order valence-corrected chi connectivity index (χ2v) is 3.17. The zero-order chi connectivity index (χ0) is 9.84. The molecule has 1 aliphatic rings. The molecule has 0 aromatic carbocycles. The summed E-state index contributed by atoms with van der Waals surface area (Å²) < 4.78 is 0. The van der Waals surface area contributed by atoms with Gasteiger partial charge in [0.2, 0.25) is 11.8 Å². The summed E-state index contributed by atoms with van der Waals surface area (Å²) in [5.74, 6) is -0.429. The van der Waals surface area contributed by atoms with Crippen molar-refractivity contribution in [3.8, 4) is 0 Å². The highest BCUT2D eigenvalue weighted by molar-refractivity contribution is 5.87. The van der Waals surface area contributed by atoms with Gasteiger partial charge in [-0.15, -0.1) is 0 Å². The van der Waals surface area contributed by atoms with Crippen molar-refractivity contribution in [3.05, 3.63) is 6.42 Å². The number of hydrogen-bond acceptors (Lipinski definition) is 2. The first-order chi connectivity index (χ1) is 6.16. The summed E-state index contributed by atoms with van der Waals surface area (Å²) in [4.78, 5) is 23.9. The number of nitrogens with two attached hydrogens (primary N) is 1. The minimum absolute atomic E-state index is 0.000231. The summed E-state index contributed by atoms with van der Waals surface area (Å²) in [6.45, 7) is 2.44. The van der Waals surface area contributed by atoms with Crippen LogP contribution in [0.5, 0.6) is 0 Å². The van der Waals surface area contributed by atoms with Crippen LogP contribution < -0.4 is 5.73 Å². The molecule has 0 bridgehead atoms. The fraction of sp³-hybridized carbons (Fsp3) is 0.667. The van der Waals surface area contributed by atoms with Crippen LogP contribution >= 0.6 is 0 Å². The lowest BCUT2D eigenvalue weighted by Crippen LogP contribution is -2.50. The van der Waals surface area contributed by atoms with E-state index >= 15 is 0 Å². The number of primary amides is 1. The normalized spacial score (nSPS) is 22.8. The summed E-state index contributed by atoms with van der Waals surface area (Å²) in [6.07, 6.45) is 4.04. The van der Waals surface area contributed by atoms with Crippen molar-refractivity contribution in [2.45, 2.75) is 32.2 Å². The van der Waals surface area contributed by atoms with E-state index < -0.39 is 11.9 Å². The molecule has 1 fully saturated rings. The number of carbonyl (C=O) groups is 2. The quantitative estimate of drug-likeness (QED) is 0.658. The van der Waals surface area contributed by atoms with E-state index in [0.29, 0.717) is 13.0 Å². The second-order valence-electron chi connectivity index (χ2n) is 3.17. The van der Waals surface area contributed by atoms with Gasteiger partial charge in [0.1, 0.15) is 6.04 Å². The molecule has 2 amide bonds. The van der Waals surface area contributed by atoms with E-state index in [1.807, 2.05) is 6.42 Å². The van der Waals surface area contributed by atoms with Crippen molar-refractivity contribution >= 4 is 11.8 Å². The van der Waals surface area contributed by atoms with Crippen LogP contribution in [0.25, 0.3) is 0 Å². The van der Waals surface area contributed by atoms with Gasteiger partial charge in [0.15, 0.2) is 0 Å². The fourth-order valence-corrected chi connectivity index (χ4v) is 1.56. The largest absolute Gasteiger partial charge is 0.368 e. The molecule has 13 heavy (non-hydrogen) atoms. The Morgan fingerprint density at radius 3 is 2.85 bits per heavy atom. The first-order valence-electron chi connectivity index (χ1n) is 4.59. The molecule has 0 spiro atoms. The van der Waals surface area contributed by atoms with Gasteiger partial charge in [-0.3, -0.25) is 9.59 Å². The molecular weight excluding hydrogens is 168 g/mol. The summed E-state index contributed by atoms with van der Waals surface area (Å²) in [5.41, 5.74) is 5.19. The molecule has 4 heteroatoms. The predicted molar refractivity (Wildman–Crippen MR) is 48.5 cm³/mol. The number of amides is 2. The van der Waals surface area contributed by atoms with Crippen LogP contribution in [0.15, 0.2) is 0 Å². The van der Waals surface area contributed by atoms with Crippen LogP contribution in [0.3, 0.4) is 0 Å². The van der Waals surface area contributed by atoms with Crippen molar-refractivity contribution in [1.29, 1.82) is 0 Å². The third-order valence-corrected chi connectivity index (χ3v) is 2.24. The fourth-order valence-electron chi connectivity index (χ4n) is 1.56. The molecule has 0 aromatic rings. The van der Waals surface area contributed by atoms with E-state index in [0.717, 1.165) is 12.8 Å². The summed E-state index contributed by atoms with van der Waals surface area (Å²) in [7, 11) is 0. The Bertz CT molecular complexity index is 216. The van der Waals surface area contributed by atoms with Crippen molar-refractivity contribution in [2.24, 2.45) is 5.73 Å². The average Bonchev–Trinajstić information content (AvgIpc) is 2.16. The number of carbonyl (C=O) groups excluding carboxylic acids is 2. The predicted octanol–water partition coefficient (Wildman–Crippen LogP) is 0.0770. The molecule has 1 saturated heterocycles. The summed E-state index contributed by atoms with van der Waals surface area (Å²) in [5, 5.41) is 0. The van der Waals surface area contributed by atoms with Crippen molar-refractivity contribution in [3.63, 3.8) is 0 Å². The van der Waals surface area contributed by atoms with Gasteiger partial charge in [-0.1, -0.05) is 6.92 Å². The lowest BCUT2D eigenvalue weighted by Gasteiger charge is -2.33. The standard InChI is InChI=1S/C9H15N2O2/c1-2-8(12)11-6-4-3-5-7(11)9(10)13/h5,7H,2-4,6H2,1H3,(H2,10,13)/t7-/m1/s1. The maximum Gasteiger partial charge on any atom is 0.240 e. The first-order valence-corrected chi connectivity index (χ1v) is 4.59. The molecule has 0 saturated carbocycles. The van der Waals surface area contributed by atoms with E-state index in [1.165, 1.54) is 0 Å². The molecule has 1 radical (unpaired) electrons. The number of likely N-dealkylation sites (tertiary alicyclic amines) is 1. The number of rotatable bonds is 2. The Balaban J connectivity index is 2.67. The highest BCUT2D eigenvalue weighted by Crippen LogP contribution is 2.16. The van der Waals surface area contributed by atoms with Gasteiger partial charge in [-0.05, 0) is 19.3 Å². The van der Waals surface area contributed by atoms with Gasteiger partial charge in [-0.25, -0.2) is 0 Å². The smallest absolute Gasteiger partial charge is 0.240 e. The topological polar surface area (TPSA) is 63.4 Å². The van der Waals surface area contributed by atoms with Gasteiger partial charge in [0, 0.05) is 13.0 Å². The highest BCUT2D eigenvalue weighted by atomic mass is 16.2. The van der Waals surface area contributed by atoms with Crippen LogP contribution in [-0.2, 0) is 9.59 Å². The van der Waals surface area contributed by atoms with E-state index in [4.69, 9.17) is 5.73 Å². The lowest BCUT2D eigenvalue weighted by molar-refractivity contribution is -0.139. The Morgan fingerprint density at radius 1 is 1.62 bits per heavy atom. The molecule has 1 aliphatic heterocycles. The maximum absolute atomic E-state index is 11.4. The summed E-state index contributed by atoms with van der Waals surface area (Å²) >= 11 is 0. The van der Waals surface area contributed by atoms with Crippen LogP contribution in [0, 0.1) is 6.42 Å². The van der Waals surface area contributed by atoms with Crippen molar-refractivity contribution in [1.82, 2.24) is 4.90 Å². The van der Waals surface area contributed by atoms with Gasteiger partial charge in [-0.2, -0.15) is 0 Å². The van der Waals surface area contributed by atoms with Crippen molar-refractivity contribution in [2.75, 3.05) is 6.54 Å². The number of piperidine rings is 1. The maximum atomic E-state index is 11.4. The van der Waals surface area contributed by atoms with Gasteiger partial charge >= 0.3 is 0 Å². The average molecular weight is 183 g/mol. The van der Waals surface area contributed by atoms with Crippen LogP contribution in [0.2, 0.25) is 0 Å². The van der Waals surface area contributed by atoms with E-state index in [2.05, 4.69) is 0 Å². The molecule has 0 aliphatic carbocycles. The van der Waals surface area contributed by atoms with E-state index in [-0.39, 0.29) is 5.91 Å². The SMILES string of the molecule is CCC(=O)N1CCC[CH][C@@H]1C(N)=O. The Hall–Kier alpha value is -1.06. The van der Waals surface area contributed by atoms with Crippen LogP contribution in [-0.4, -0.2) is 29.3 Å². The monoisotopic (exact) mass is 183 g/mol. The Kier molecular flexibility index (Phi) is 3.28. The molecule has 4 nitrogen and oxygen atoms in total. The zero-order valence-electron chi connectivity index (χ0n) is 7.82. The molecule has 1 rings (SSSR count). The first kappa shape index (κ1) is 10.0. The molecule has 1 atom stereocenters. The molecule has 2 N–H and O–H groups in total. The molecule has 73 valence electrons. The van der Waals surface area contributed by atoms with Crippen molar-refractivity contribution < 1.29 is 9.59 Å². The van der Waals surface area contributed by atoms with E-state index in [1.54, 1.807) is 11.8 Å². The van der Waals surface area contributed by atoms with Gasteiger partial charge < -0.3 is 10.6 Å². The van der Waals surface area contributed by atoms with Crippen LogP contribution in [0.4, 0.5) is 0 Å². The second kappa shape index (κ2) is 4.25. The third-order valence-electron chi connectivity index (χ3n) is 2.24. The minimum Gasteiger partial charge on any atom is -0.368 e. The summed E-state index contributed by atoms with van der Waals surface area (Å²) in [6, 6.07) is -0.485. The zero-order valence-corrected chi connectivity index (χ0v) is 7.82. The number of hydrogen-bond donors (Lipinski definition) is 1. The molecular formula is C9H15N2O2. The van der Waals surface area contributed by atoms with Gasteiger partial charge in [0.25, 0.3) is 0 Å². The third kappa shape index (κ3) is 2.20. The number of nitrogens with zero attached hydrogens (tertiary/aromatic N) is 1.